The lowest BCUT2D eigenvalue weighted by Crippen LogP contribution is -2.38. The zero-order valence-corrected chi connectivity index (χ0v) is 12.4. The van der Waals surface area contributed by atoms with Crippen LogP contribution in [0.15, 0.2) is 36.4 Å². The third-order valence-electron chi connectivity index (χ3n) is 5.27. The topological polar surface area (TPSA) is 54.5 Å². The van der Waals surface area contributed by atoms with Crippen LogP contribution in [0.4, 0.5) is 5.69 Å². The Hall–Kier alpha value is -2.23. The normalized spacial score (nSPS) is 32.5. The van der Waals surface area contributed by atoms with E-state index in [9.17, 15) is 14.4 Å². The molecule has 112 valence electrons. The van der Waals surface area contributed by atoms with Gasteiger partial charge in [-0.25, -0.2) is 4.90 Å². The summed E-state index contributed by atoms with van der Waals surface area (Å²) in [5.74, 6) is -0.320. The number of carbonyl (C=O) groups is 3. The highest BCUT2D eigenvalue weighted by Gasteiger charge is 2.56. The maximum absolute atomic E-state index is 12.8. The van der Waals surface area contributed by atoms with Crippen LogP contribution in [0.5, 0.6) is 0 Å². The molecule has 0 radical (unpaired) electrons. The van der Waals surface area contributed by atoms with Crippen molar-refractivity contribution in [2.45, 2.75) is 19.8 Å². The van der Waals surface area contributed by atoms with E-state index in [-0.39, 0.29) is 41.3 Å². The number of hydrogen-bond donors (Lipinski definition) is 0. The Bertz CT molecular complexity index is 689. The number of hydrogen-bond acceptors (Lipinski definition) is 3. The Balaban J connectivity index is 1.75. The van der Waals surface area contributed by atoms with E-state index in [1.807, 2.05) is 0 Å². The molecule has 1 saturated heterocycles. The molecule has 5 rings (SSSR count). The number of amides is 2. The van der Waals surface area contributed by atoms with E-state index in [1.165, 1.54) is 11.8 Å². The van der Waals surface area contributed by atoms with Crippen LogP contribution >= 0.6 is 0 Å². The molecule has 1 aliphatic heterocycles. The minimum absolute atomic E-state index is 0.0694. The van der Waals surface area contributed by atoms with Crippen molar-refractivity contribution in [1.82, 2.24) is 0 Å². The number of anilines is 1. The van der Waals surface area contributed by atoms with Gasteiger partial charge in [0.05, 0.1) is 17.5 Å². The fraction of sp³-hybridized carbons (Fsp3) is 0.389. The van der Waals surface area contributed by atoms with Gasteiger partial charge >= 0.3 is 0 Å². The fourth-order valence-electron chi connectivity index (χ4n) is 4.19. The standard InChI is InChI=1S/C18H17NO3/c1-10(20)13-3-2-4-14(9-13)19-17(21)15-11-5-6-12(8-7-11)16(15)18(19)22/h2-6,9,11-12,15-16H,7-8H2,1H3/t11-,12-,15-,16-/m1/s1. The highest BCUT2D eigenvalue weighted by atomic mass is 16.2. The minimum atomic E-state index is -0.211. The molecule has 4 nitrogen and oxygen atoms in total. The predicted molar refractivity (Wildman–Crippen MR) is 81.3 cm³/mol. The Labute approximate surface area is 128 Å². The molecular weight excluding hydrogens is 278 g/mol. The van der Waals surface area contributed by atoms with Crippen LogP contribution in [0.1, 0.15) is 30.1 Å². The number of Topliss-reactive ketones (excluding diaryl/α,β-unsaturated/α-hetero) is 1. The molecule has 0 unspecified atom stereocenters. The van der Waals surface area contributed by atoms with Gasteiger partial charge in [0.25, 0.3) is 0 Å². The van der Waals surface area contributed by atoms with Crippen LogP contribution in [0.25, 0.3) is 0 Å². The van der Waals surface area contributed by atoms with Gasteiger partial charge in [0, 0.05) is 5.56 Å². The Kier molecular flexibility index (Phi) is 2.83. The third kappa shape index (κ3) is 1.73. The van der Waals surface area contributed by atoms with Gasteiger partial charge in [-0.15, -0.1) is 0 Å². The first-order valence-corrected chi connectivity index (χ1v) is 7.75. The number of fused-ring (bicyclic) bond motifs is 1. The van der Waals surface area contributed by atoms with Gasteiger partial charge in [0.15, 0.2) is 5.78 Å². The van der Waals surface area contributed by atoms with E-state index in [0.717, 1.165) is 12.8 Å². The number of carbonyl (C=O) groups excluding carboxylic acids is 3. The van der Waals surface area contributed by atoms with Crippen molar-refractivity contribution in [3.63, 3.8) is 0 Å². The molecule has 1 aromatic carbocycles. The lowest BCUT2D eigenvalue weighted by atomic mass is 9.63. The van der Waals surface area contributed by atoms with Crippen molar-refractivity contribution in [2.75, 3.05) is 4.90 Å². The lowest BCUT2D eigenvalue weighted by molar-refractivity contribution is -0.124. The van der Waals surface area contributed by atoms with E-state index >= 15 is 0 Å². The number of rotatable bonds is 2. The molecule has 2 bridgehead atoms. The Morgan fingerprint density at radius 2 is 1.64 bits per heavy atom. The molecule has 4 atom stereocenters. The second-order valence-corrected chi connectivity index (χ2v) is 6.46. The molecule has 4 aliphatic rings. The minimum Gasteiger partial charge on any atom is -0.295 e. The summed E-state index contributed by atoms with van der Waals surface area (Å²) in [5.41, 5.74) is 1.05. The zero-order chi connectivity index (χ0) is 15.4. The van der Waals surface area contributed by atoms with Crippen molar-refractivity contribution < 1.29 is 14.4 Å². The Morgan fingerprint density at radius 3 is 2.14 bits per heavy atom. The zero-order valence-electron chi connectivity index (χ0n) is 12.4. The summed E-state index contributed by atoms with van der Waals surface area (Å²) in [7, 11) is 0. The van der Waals surface area contributed by atoms with Crippen LogP contribution in [0, 0.1) is 23.7 Å². The van der Waals surface area contributed by atoms with Gasteiger partial charge in [0.2, 0.25) is 11.8 Å². The molecule has 1 aromatic rings. The van der Waals surface area contributed by atoms with E-state index in [1.54, 1.807) is 24.3 Å². The number of allylic oxidation sites excluding steroid dienone is 2. The molecule has 0 spiro atoms. The molecule has 4 heteroatoms. The van der Waals surface area contributed by atoms with Gasteiger partial charge < -0.3 is 0 Å². The van der Waals surface area contributed by atoms with Crippen LogP contribution in [0.3, 0.4) is 0 Å². The van der Waals surface area contributed by atoms with Crippen molar-refractivity contribution in [3.8, 4) is 0 Å². The van der Waals surface area contributed by atoms with Gasteiger partial charge in [-0.1, -0.05) is 24.3 Å². The van der Waals surface area contributed by atoms with Gasteiger partial charge in [-0.05, 0) is 43.7 Å². The molecule has 0 aromatic heterocycles. The van der Waals surface area contributed by atoms with Crippen LogP contribution in [0.2, 0.25) is 0 Å². The highest BCUT2D eigenvalue weighted by molar-refractivity contribution is 6.22. The summed E-state index contributed by atoms with van der Waals surface area (Å²) in [5, 5.41) is 0. The SMILES string of the molecule is CC(=O)c1cccc(N2C(=O)[C@H]3[C@H](C2=O)[C@@H]2C=C[C@@H]3CC2)c1. The fourth-order valence-corrected chi connectivity index (χ4v) is 4.19. The van der Waals surface area contributed by atoms with Crippen molar-refractivity contribution >= 4 is 23.3 Å². The average Bonchev–Trinajstić information content (AvgIpc) is 2.82. The summed E-state index contributed by atoms with van der Waals surface area (Å²) < 4.78 is 0. The van der Waals surface area contributed by atoms with E-state index in [4.69, 9.17) is 0 Å². The Morgan fingerprint density at radius 1 is 1.05 bits per heavy atom. The third-order valence-corrected chi connectivity index (χ3v) is 5.27. The van der Waals surface area contributed by atoms with Crippen molar-refractivity contribution in [1.29, 1.82) is 0 Å². The highest BCUT2D eigenvalue weighted by Crippen LogP contribution is 2.50. The summed E-state index contributed by atoms with van der Waals surface area (Å²) in [6, 6.07) is 6.80. The molecule has 2 fully saturated rings. The number of benzene rings is 1. The van der Waals surface area contributed by atoms with Crippen LogP contribution in [-0.2, 0) is 9.59 Å². The summed E-state index contributed by atoms with van der Waals surface area (Å²) >= 11 is 0. The van der Waals surface area contributed by atoms with Crippen molar-refractivity contribution in [2.24, 2.45) is 23.7 Å². The first-order chi connectivity index (χ1) is 10.6. The smallest absolute Gasteiger partial charge is 0.238 e. The monoisotopic (exact) mass is 295 g/mol. The number of imide groups is 1. The summed E-state index contributed by atoms with van der Waals surface area (Å²) in [4.78, 5) is 38.5. The lowest BCUT2D eigenvalue weighted by Gasteiger charge is -2.38. The molecule has 1 saturated carbocycles. The van der Waals surface area contributed by atoms with Crippen molar-refractivity contribution in [3.05, 3.63) is 42.0 Å². The summed E-state index contributed by atoms with van der Waals surface area (Å²) in [6.07, 6.45) is 6.19. The molecule has 3 aliphatic carbocycles. The van der Waals surface area contributed by atoms with E-state index < -0.39 is 0 Å². The number of ketones is 1. The molecule has 22 heavy (non-hydrogen) atoms. The van der Waals surface area contributed by atoms with E-state index in [0.29, 0.717) is 11.3 Å². The second-order valence-electron chi connectivity index (χ2n) is 6.46. The van der Waals surface area contributed by atoms with Crippen LogP contribution in [-0.4, -0.2) is 17.6 Å². The second kappa shape index (κ2) is 4.63. The molecule has 1 heterocycles. The molecule has 2 amide bonds. The predicted octanol–water partition coefficient (Wildman–Crippen LogP) is 2.59. The summed E-state index contributed by atoms with van der Waals surface area (Å²) in [6.45, 7) is 1.48. The largest absolute Gasteiger partial charge is 0.295 e. The maximum Gasteiger partial charge on any atom is 0.238 e. The number of nitrogens with zero attached hydrogens (tertiary/aromatic N) is 1. The van der Waals surface area contributed by atoms with Gasteiger partial charge in [0.1, 0.15) is 0 Å². The van der Waals surface area contributed by atoms with Gasteiger partial charge in [-0.2, -0.15) is 0 Å². The first kappa shape index (κ1) is 13.4. The average molecular weight is 295 g/mol. The quantitative estimate of drug-likeness (QED) is 0.479. The molecule has 0 N–H and O–H groups in total. The van der Waals surface area contributed by atoms with E-state index in [2.05, 4.69) is 12.2 Å². The first-order valence-electron chi connectivity index (χ1n) is 7.75. The molecular formula is C18H17NO3. The van der Waals surface area contributed by atoms with Crippen LogP contribution < -0.4 is 4.90 Å². The maximum atomic E-state index is 12.8. The van der Waals surface area contributed by atoms with Gasteiger partial charge in [-0.3, -0.25) is 14.4 Å².